The summed E-state index contributed by atoms with van der Waals surface area (Å²) in [7, 11) is 0.645. The third-order valence-corrected chi connectivity index (χ3v) is 6.46. The van der Waals surface area contributed by atoms with E-state index >= 15 is 0 Å². The van der Waals surface area contributed by atoms with Crippen molar-refractivity contribution < 1.29 is 17.9 Å². The molecule has 0 aliphatic carbocycles. The molecule has 0 saturated carbocycles. The van der Waals surface area contributed by atoms with Crippen LogP contribution in [0, 0.1) is 0 Å². The first-order valence-electron chi connectivity index (χ1n) is 8.74. The molecule has 0 amide bonds. The molecule has 2 aliphatic heterocycles. The fraction of sp³-hybridized carbons (Fsp3) is 0.647. The smallest absolute Gasteiger partial charge is 0.243 e. The zero-order chi connectivity index (χ0) is 17.9. The molecule has 0 unspecified atom stereocenters. The number of benzene rings is 1. The van der Waals surface area contributed by atoms with Gasteiger partial charge in [-0.3, -0.25) is 0 Å². The van der Waals surface area contributed by atoms with Gasteiger partial charge in [-0.05, 0) is 45.7 Å². The lowest BCUT2D eigenvalue weighted by Gasteiger charge is -2.34. The van der Waals surface area contributed by atoms with Gasteiger partial charge in [0.2, 0.25) is 10.0 Å². The van der Waals surface area contributed by atoms with Gasteiger partial charge in [0.1, 0.15) is 13.2 Å². The van der Waals surface area contributed by atoms with Crippen molar-refractivity contribution in [1.29, 1.82) is 0 Å². The Balaban J connectivity index is 1.60. The molecule has 7 nitrogen and oxygen atoms in total. The van der Waals surface area contributed by atoms with E-state index < -0.39 is 10.0 Å². The largest absolute Gasteiger partial charge is 0.486 e. The van der Waals surface area contributed by atoms with Crippen LogP contribution in [0.25, 0.3) is 0 Å². The van der Waals surface area contributed by atoms with Gasteiger partial charge in [0.25, 0.3) is 0 Å². The highest BCUT2D eigenvalue weighted by atomic mass is 32.2. The number of nitrogens with zero attached hydrogens (tertiary/aromatic N) is 3. The topological polar surface area (TPSA) is 62.3 Å². The van der Waals surface area contributed by atoms with Gasteiger partial charge in [-0.15, -0.1) is 0 Å². The highest BCUT2D eigenvalue weighted by Gasteiger charge is 2.29. The number of fused-ring (bicyclic) bond motifs is 1. The van der Waals surface area contributed by atoms with E-state index in [0.717, 1.165) is 32.6 Å². The standard InChI is InChI=1S/C17H27N3O4S/c1-18(2)6-3-7-19-8-10-20(11-9-19)25(21,22)15-4-5-16-17(14-15)24-13-12-23-16/h4-5,14H,3,6-13H2,1-2H3. The van der Waals surface area contributed by atoms with Crippen molar-refractivity contribution in [3.63, 3.8) is 0 Å². The minimum Gasteiger partial charge on any atom is -0.486 e. The van der Waals surface area contributed by atoms with E-state index in [0.29, 0.717) is 37.8 Å². The van der Waals surface area contributed by atoms with Gasteiger partial charge >= 0.3 is 0 Å². The lowest BCUT2D eigenvalue weighted by atomic mass is 10.3. The van der Waals surface area contributed by atoms with Crippen LogP contribution in [0.3, 0.4) is 0 Å². The summed E-state index contributed by atoms with van der Waals surface area (Å²) in [6.45, 7) is 5.61. The summed E-state index contributed by atoms with van der Waals surface area (Å²) in [5.41, 5.74) is 0. The van der Waals surface area contributed by atoms with Crippen LogP contribution in [0.5, 0.6) is 11.5 Å². The molecule has 0 N–H and O–H groups in total. The minimum absolute atomic E-state index is 0.276. The summed E-state index contributed by atoms with van der Waals surface area (Å²) < 4.78 is 38.3. The molecule has 0 aromatic heterocycles. The molecule has 1 aromatic rings. The number of hydrogen-bond acceptors (Lipinski definition) is 6. The number of hydrogen-bond donors (Lipinski definition) is 0. The van der Waals surface area contributed by atoms with Crippen LogP contribution in [0.15, 0.2) is 23.1 Å². The van der Waals surface area contributed by atoms with Gasteiger partial charge in [0, 0.05) is 32.2 Å². The van der Waals surface area contributed by atoms with E-state index in [-0.39, 0.29) is 4.90 Å². The van der Waals surface area contributed by atoms with Crippen molar-refractivity contribution in [1.82, 2.24) is 14.1 Å². The Kier molecular flexibility index (Phi) is 5.83. The molecule has 2 heterocycles. The summed E-state index contributed by atoms with van der Waals surface area (Å²) in [5, 5.41) is 0. The molecule has 8 heteroatoms. The van der Waals surface area contributed by atoms with Crippen molar-refractivity contribution in [2.24, 2.45) is 0 Å². The average molecular weight is 369 g/mol. The highest BCUT2D eigenvalue weighted by Crippen LogP contribution is 2.33. The first kappa shape index (κ1) is 18.4. The molecule has 0 bridgehead atoms. The SMILES string of the molecule is CN(C)CCCN1CCN(S(=O)(=O)c2ccc3c(c2)OCCO3)CC1. The monoisotopic (exact) mass is 369 g/mol. The van der Waals surface area contributed by atoms with Crippen LogP contribution in [0.1, 0.15) is 6.42 Å². The molecule has 1 saturated heterocycles. The second kappa shape index (κ2) is 7.90. The van der Waals surface area contributed by atoms with Crippen molar-refractivity contribution in [3.05, 3.63) is 18.2 Å². The lowest BCUT2D eigenvalue weighted by Crippen LogP contribution is -2.48. The number of rotatable bonds is 6. The zero-order valence-electron chi connectivity index (χ0n) is 15.0. The first-order valence-corrected chi connectivity index (χ1v) is 10.2. The quantitative estimate of drug-likeness (QED) is 0.736. The first-order chi connectivity index (χ1) is 12.0. The summed E-state index contributed by atoms with van der Waals surface area (Å²) in [6.07, 6.45) is 1.10. The van der Waals surface area contributed by atoms with E-state index in [1.807, 2.05) is 0 Å². The molecular formula is C17H27N3O4S. The normalized spacial score (nSPS) is 19.3. The molecule has 0 spiro atoms. The Morgan fingerprint density at radius 1 is 1.04 bits per heavy atom. The van der Waals surface area contributed by atoms with Crippen LogP contribution >= 0.6 is 0 Å². The Morgan fingerprint density at radius 2 is 1.72 bits per heavy atom. The van der Waals surface area contributed by atoms with Crippen molar-refractivity contribution in [3.8, 4) is 11.5 Å². The second-order valence-corrected chi connectivity index (χ2v) is 8.65. The van der Waals surface area contributed by atoms with Gasteiger partial charge < -0.3 is 19.3 Å². The van der Waals surface area contributed by atoms with E-state index in [9.17, 15) is 8.42 Å². The predicted octanol–water partition coefficient (Wildman–Crippen LogP) is 0.716. The molecule has 140 valence electrons. The number of sulfonamides is 1. The number of ether oxygens (including phenoxy) is 2. The Bertz CT molecular complexity index is 685. The third-order valence-electron chi connectivity index (χ3n) is 4.56. The predicted molar refractivity (Wildman–Crippen MR) is 95.8 cm³/mol. The third kappa shape index (κ3) is 4.44. The van der Waals surface area contributed by atoms with Crippen LogP contribution < -0.4 is 9.47 Å². The summed E-state index contributed by atoms with van der Waals surface area (Å²) in [5.74, 6) is 1.12. The molecule has 2 aliphatic rings. The summed E-state index contributed by atoms with van der Waals surface area (Å²) in [6, 6.07) is 4.86. The fourth-order valence-electron chi connectivity index (χ4n) is 3.14. The average Bonchev–Trinajstić information content (AvgIpc) is 2.61. The summed E-state index contributed by atoms with van der Waals surface area (Å²) in [4.78, 5) is 4.78. The van der Waals surface area contributed by atoms with Crippen LogP contribution in [-0.4, -0.2) is 89.1 Å². The van der Waals surface area contributed by atoms with E-state index in [1.54, 1.807) is 22.5 Å². The Morgan fingerprint density at radius 3 is 2.40 bits per heavy atom. The lowest BCUT2D eigenvalue weighted by molar-refractivity contribution is 0.170. The molecule has 0 radical (unpaired) electrons. The van der Waals surface area contributed by atoms with Gasteiger partial charge in [-0.2, -0.15) is 4.31 Å². The van der Waals surface area contributed by atoms with Gasteiger partial charge in [-0.1, -0.05) is 0 Å². The molecular weight excluding hydrogens is 342 g/mol. The van der Waals surface area contributed by atoms with Gasteiger partial charge in [0.05, 0.1) is 4.90 Å². The van der Waals surface area contributed by atoms with Crippen molar-refractivity contribution in [2.45, 2.75) is 11.3 Å². The molecule has 0 atom stereocenters. The molecule has 3 rings (SSSR count). The maximum Gasteiger partial charge on any atom is 0.243 e. The van der Waals surface area contributed by atoms with Gasteiger partial charge in [-0.25, -0.2) is 8.42 Å². The maximum absolute atomic E-state index is 12.9. The van der Waals surface area contributed by atoms with E-state index in [1.165, 1.54) is 0 Å². The van der Waals surface area contributed by atoms with Crippen LogP contribution in [-0.2, 0) is 10.0 Å². The van der Waals surface area contributed by atoms with Gasteiger partial charge in [0.15, 0.2) is 11.5 Å². The fourth-order valence-corrected chi connectivity index (χ4v) is 4.58. The maximum atomic E-state index is 12.9. The highest BCUT2D eigenvalue weighted by molar-refractivity contribution is 7.89. The van der Waals surface area contributed by atoms with Crippen LogP contribution in [0.2, 0.25) is 0 Å². The summed E-state index contributed by atoms with van der Waals surface area (Å²) >= 11 is 0. The van der Waals surface area contributed by atoms with Crippen LogP contribution in [0.4, 0.5) is 0 Å². The molecule has 25 heavy (non-hydrogen) atoms. The Hall–Kier alpha value is -1.35. The molecule has 1 fully saturated rings. The Labute approximate surface area is 150 Å². The zero-order valence-corrected chi connectivity index (χ0v) is 15.8. The minimum atomic E-state index is -3.49. The van der Waals surface area contributed by atoms with E-state index in [4.69, 9.17) is 9.47 Å². The molecule has 1 aromatic carbocycles. The number of piperazine rings is 1. The van der Waals surface area contributed by atoms with Crippen molar-refractivity contribution >= 4 is 10.0 Å². The van der Waals surface area contributed by atoms with E-state index in [2.05, 4.69) is 23.9 Å². The second-order valence-electron chi connectivity index (χ2n) is 6.71. The van der Waals surface area contributed by atoms with Crippen molar-refractivity contribution in [2.75, 3.05) is 66.6 Å².